The van der Waals surface area contributed by atoms with Crippen LogP contribution < -0.4 is 0 Å². The third-order valence-corrected chi connectivity index (χ3v) is 3.56. The van der Waals surface area contributed by atoms with Gasteiger partial charge in [0.05, 0.1) is 6.61 Å². The van der Waals surface area contributed by atoms with Crippen molar-refractivity contribution < 1.29 is 19.4 Å². The zero-order chi connectivity index (χ0) is 15.3. The van der Waals surface area contributed by atoms with Crippen molar-refractivity contribution in [1.29, 1.82) is 0 Å². The van der Waals surface area contributed by atoms with Crippen LogP contribution >= 0.6 is 0 Å². The lowest BCUT2D eigenvalue weighted by atomic mass is 9.95. The number of fused-ring (bicyclic) bond motifs is 2. The van der Waals surface area contributed by atoms with Crippen LogP contribution in [0.15, 0.2) is 36.5 Å². The topological polar surface area (TPSA) is 63.6 Å². The summed E-state index contributed by atoms with van der Waals surface area (Å²) in [5.74, 6) is 0.756. The molecule has 2 aliphatic carbocycles. The molecule has 3 atom stereocenters. The number of esters is 1. The smallest absolute Gasteiger partial charge is 0.333 e. The number of aliphatic carboxylic acids is 1. The number of carbonyl (C=O) groups excluding carboxylic acids is 1. The van der Waals surface area contributed by atoms with Crippen LogP contribution in [0.5, 0.6) is 0 Å². The largest absolute Gasteiger partial charge is 0.478 e. The van der Waals surface area contributed by atoms with Crippen molar-refractivity contribution in [3.8, 4) is 0 Å². The molecule has 110 valence electrons. The summed E-state index contributed by atoms with van der Waals surface area (Å²) < 4.78 is 5.17. The van der Waals surface area contributed by atoms with Crippen molar-refractivity contribution in [3.05, 3.63) is 36.5 Å². The molecule has 0 saturated heterocycles. The summed E-state index contributed by atoms with van der Waals surface area (Å²) in [7, 11) is 0. The summed E-state index contributed by atoms with van der Waals surface area (Å²) in [4.78, 5) is 20.8. The monoisotopic (exact) mass is 278 g/mol. The summed E-state index contributed by atoms with van der Waals surface area (Å²) in [5.41, 5.74) is 0.665. The van der Waals surface area contributed by atoms with Crippen molar-refractivity contribution in [1.82, 2.24) is 0 Å². The van der Waals surface area contributed by atoms with Gasteiger partial charge in [0.25, 0.3) is 0 Å². The zero-order valence-corrected chi connectivity index (χ0v) is 12.1. The van der Waals surface area contributed by atoms with Crippen molar-refractivity contribution in [2.24, 2.45) is 17.8 Å². The molecular formula is C16H22O4. The first kappa shape index (κ1) is 16.2. The Morgan fingerprint density at radius 3 is 2.15 bits per heavy atom. The van der Waals surface area contributed by atoms with E-state index < -0.39 is 5.97 Å². The molecule has 2 bridgehead atoms. The number of allylic oxidation sites excluding steroid dienone is 2. The zero-order valence-electron chi connectivity index (χ0n) is 12.1. The van der Waals surface area contributed by atoms with Gasteiger partial charge in [-0.05, 0) is 44.4 Å². The highest BCUT2D eigenvalue weighted by atomic mass is 16.5. The second-order valence-electron chi connectivity index (χ2n) is 5.50. The minimum atomic E-state index is -0.935. The number of carboxylic acids is 1. The van der Waals surface area contributed by atoms with Gasteiger partial charge in [-0.2, -0.15) is 0 Å². The molecule has 1 fully saturated rings. The summed E-state index contributed by atoms with van der Waals surface area (Å²) in [6, 6.07) is 0. The molecule has 0 aromatic heterocycles. The first-order chi connectivity index (χ1) is 9.31. The average Bonchev–Trinajstić information content (AvgIpc) is 2.98. The van der Waals surface area contributed by atoms with Crippen molar-refractivity contribution >= 4 is 11.9 Å². The van der Waals surface area contributed by atoms with Crippen molar-refractivity contribution in [2.45, 2.75) is 26.7 Å². The predicted molar refractivity (Wildman–Crippen MR) is 77.1 cm³/mol. The van der Waals surface area contributed by atoms with E-state index >= 15 is 0 Å². The fourth-order valence-corrected chi connectivity index (χ4v) is 2.39. The van der Waals surface area contributed by atoms with E-state index in [1.165, 1.54) is 19.8 Å². The number of hydrogen-bond acceptors (Lipinski definition) is 3. The quantitative estimate of drug-likeness (QED) is 0.488. The lowest BCUT2D eigenvalue weighted by Crippen LogP contribution is -2.17. The van der Waals surface area contributed by atoms with Gasteiger partial charge in [0.15, 0.2) is 0 Å². The molecule has 0 spiro atoms. The van der Waals surface area contributed by atoms with E-state index in [4.69, 9.17) is 9.84 Å². The maximum absolute atomic E-state index is 11.2. The maximum Gasteiger partial charge on any atom is 0.333 e. The van der Waals surface area contributed by atoms with Gasteiger partial charge in [-0.15, -0.1) is 0 Å². The Hall–Kier alpha value is -1.84. The molecule has 1 saturated carbocycles. The molecule has 20 heavy (non-hydrogen) atoms. The van der Waals surface area contributed by atoms with E-state index in [0.717, 1.165) is 5.92 Å². The molecule has 0 aromatic rings. The number of rotatable bonds is 4. The summed E-state index contributed by atoms with van der Waals surface area (Å²) in [6.45, 7) is 10.4. The fourth-order valence-electron chi connectivity index (χ4n) is 2.39. The third-order valence-electron chi connectivity index (χ3n) is 3.56. The first-order valence-electron chi connectivity index (χ1n) is 6.71. The summed E-state index contributed by atoms with van der Waals surface area (Å²) >= 11 is 0. The molecule has 1 N–H and O–H groups in total. The lowest BCUT2D eigenvalue weighted by Gasteiger charge is -2.17. The second kappa shape index (κ2) is 7.08. The molecule has 0 radical (unpaired) electrons. The van der Waals surface area contributed by atoms with Crippen molar-refractivity contribution in [3.63, 3.8) is 0 Å². The van der Waals surface area contributed by atoms with Gasteiger partial charge < -0.3 is 9.84 Å². The normalized spacial score (nSPS) is 25.6. The Balaban J connectivity index is 0.000000286. The Labute approximate surface area is 119 Å². The van der Waals surface area contributed by atoms with E-state index in [1.807, 2.05) is 0 Å². The van der Waals surface area contributed by atoms with Crippen LogP contribution in [0.3, 0.4) is 0 Å². The number of carbonyl (C=O) groups is 2. The lowest BCUT2D eigenvalue weighted by molar-refractivity contribution is -0.140. The Kier molecular flexibility index (Phi) is 5.74. The number of ether oxygens (including phenoxy) is 1. The van der Waals surface area contributed by atoms with Crippen LogP contribution in [0.25, 0.3) is 0 Å². The summed E-state index contributed by atoms with van der Waals surface area (Å²) in [5, 5.41) is 7.89. The molecular weight excluding hydrogens is 256 g/mol. The fraction of sp³-hybridized carbons (Fsp3) is 0.500. The molecule has 0 aliphatic heterocycles. The highest BCUT2D eigenvalue weighted by Crippen LogP contribution is 2.43. The third kappa shape index (κ3) is 4.68. The Bertz CT molecular complexity index is 435. The van der Waals surface area contributed by atoms with Crippen LogP contribution in [0.2, 0.25) is 0 Å². The minimum absolute atomic E-state index is 0.176. The molecule has 2 aliphatic rings. The maximum atomic E-state index is 11.2. The van der Waals surface area contributed by atoms with Gasteiger partial charge in [-0.3, -0.25) is 0 Å². The number of hydrogen-bond donors (Lipinski definition) is 1. The van der Waals surface area contributed by atoms with Gasteiger partial charge in [-0.25, -0.2) is 9.59 Å². The minimum Gasteiger partial charge on any atom is -0.478 e. The van der Waals surface area contributed by atoms with E-state index in [1.54, 1.807) is 6.92 Å². The van der Waals surface area contributed by atoms with Crippen LogP contribution in [-0.4, -0.2) is 23.7 Å². The van der Waals surface area contributed by atoms with Gasteiger partial charge >= 0.3 is 11.9 Å². The van der Waals surface area contributed by atoms with E-state index in [9.17, 15) is 9.59 Å². The van der Waals surface area contributed by atoms with Gasteiger partial charge in [0, 0.05) is 11.1 Å². The van der Waals surface area contributed by atoms with E-state index in [0.29, 0.717) is 24.0 Å². The Morgan fingerprint density at radius 2 is 1.80 bits per heavy atom. The Morgan fingerprint density at radius 1 is 1.20 bits per heavy atom. The molecule has 0 aromatic carbocycles. The predicted octanol–water partition coefficient (Wildman–Crippen LogP) is 2.97. The van der Waals surface area contributed by atoms with Gasteiger partial charge in [0.1, 0.15) is 0 Å². The molecule has 4 heteroatoms. The average molecular weight is 278 g/mol. The van der Waals surface area contributed by atoms with Crippen LogP contribution in [0.1, 0.15) is 26.7 Å². The van der Waals surface area contributed by atoms with E-state index in [-0.39, 0.29) is 11.5 Å². The second-order valence-corrected chi connectivity index (χ2v) is 5.50. The molecule has 4 nitrogen and oxygen atoms in total. The van der Waals surface area contributed by atoms with Crippen LogP contribution in [0.4, 0.5) is 0 Å². The van der Waals surface area contributed by atoms with Crippen LogP contribution in [-0.2, 0) is 14.3 Å². The molecule has 2 rings (SSSR count). The first-order valence-corrected chi connectivity index (χ1v) is 6.71. The number of carboxylic acid groups (broad SMARTS) is 1. The molecule has 0 amide bonds. The van der Waals surface area contributed by atoms with Gasteiger partial charge in [0.2, 0.25) is 0 Å². The van der Waals surface area contributed by atoms with Crippen molar-refractivity contribution in [2.75, 3.05) is 6.61 Å². The molecule has 3 unspecified atom stereocenters. The summed E-state index contributed by atoms with van der Waals surface area (Å²) in [6.07, 6.45) is 7.01. The SMILES string of the molecule is C=C(C)C(=O)O.C=C(C)C(=O)OCC1CC2C=CC1C2. The standard InChI is InChI=1S/C12H16O2.C4H6O2/c1-8(2)12(13)14-7-11-6-9-3-4-10(11)5-9;1-3(2)4(5)6/h3-4,9-11H,1,5-7H2,2H3;1H2,2H3,(H,5,6). The van der Waals surface area contributed by atoms with E-state index in [2.05, 4.69) is 25.3 Å². The highest BCUT2D eigenvalue weighted by molar-refractivity contribution is 5.86. The highest BCUT2D eigenvalue weighted by Gasteiger charge is 2.36. The van der Waals surface area contributed by atoms with Crippen LogP contribution in [0, 0.1) is 17.8 Å². The molecule has 0 heterocycles. The van der Waals surface area contributed by atoms with Gasteiger partial charge in [-0.1, -0.05) is 25.3 Å².